The summed E-state index contributed by atoms with van der Waals surface area (Å²) in [7, 11) is 0. The molecule has 0 amide bonds. The van der Waals surface area contributed by atoms with E-state index in [4.69, 9.17) is 0 Å². The quantitative estimate of drug-likeness (QED) is 0.714. The summed E-state index contributed by atoms with van der Waals surface area (Å²) in [5, 5.41) is 9.83. The van der Waals surface area contributed by atoms with Gasteiger partial charge >= 0.3 is 6.18 Å². The van der Waals surface area contributed by atoms with E-state index in [0.717, 1.165) is 23.0 Å². The molecule has 0 saturated heterocycles. The molecule has 3 rings (SSSR count). The zero-order valence-electron chi connectivity index (χ0n) is 12.8. The van der Waals surface area contributed by atoms with E-state index in [-0.39, 0.29) is 23.3 Å². The van der Waals surface area contributed by atoms with Gasteiger partial charge in [0.25, 0.3) is 0 Å². The molecule has 0 radical (unpaired) electrons. The maximum Gasteiger partial charge on any atom is 0.451 e. The van der Waals surface area contributed by atoms with Crippen LogP contribution >= 0.6 is 0 Å². The lowest BCUT2D eigenvalue weighted by molar-refractivity contribution is -0.144. The molecular weight excluding hydrogens is 326 g/mol. The SMILES string of the molecule is Cc1n[nH]c(C)c1CNc1nc(C(F)(F)F)nc2c(F)cccc12. The van der Waals surface area contributed by atoms with Gasteiger partial charge in [-0.1, -0.05) is 6.07 Å². The molecule has 0 bridgehead atoms. The Morgan fingerprint density at radius 1 is 1.17 bits per heavy atom. The zero-order chi connectivity index (χ0) is 17.5. The number of aryl methyl sites for hydroxylation is 2. The number of para-hydroxylation sites is 1. The lowest BCUT2D eigenvalue weighted by atomic mass is 10.2. The molecule has 1 aromatic carbocycles. The van der Waals surface area contributed by atoms with Crippen LogP contribution < -0.4 is 5.32 Å². The summed E-state index contributed by atoms with van der Waals surface area (Å²) < 4.78 is 52.8. The van der Waals surface area contributed by atoms with Gasteiger partial charge in [-0.15, -0.1) is 0 Å². The van der Waals surface area contributed by atoms with Crippen molar-refractivity contribution >= 4 is 16.7 Å². The average molecular weight is 339 g/mol. The van der Waals surface area contributed by atoms with Crippen LogP contribution in [0, 0.1) is 19.7 Å². The van der Waals surface area contributed by atoms with Crippen LogP contribution in [-0.2, 0) is 12.7 Å². The second-order valence-corrected chi connectivity index (χ2v) is 5.30. The first-order valence-corrected chi connectivity index (χ1v) is 7.05. The molecule has 2 heterocycles. The van der Waals surface area contributed by atoms with E-state index in [1.54, 1.807) is 13.8 Å². The fourth-order valence-corrected chi connectivity index (χ4v) is 2.39. The van der Waals surface area contributed by atoms with Gasteiger partial charge in [0.1, 0.15) is 17.2 Å². The number of benzene rings is 1. The lowest BCUT2D eigenvalue weighted by Crippen LogP contribution is -2.14. The summed E-state index contributed by atoms with van der Waals surface area (Å²) >= 11 is 0. The highest BCUT2D eigenvalue weighted by atomic mass is 19.4. The monoisotopic (exact) mass is 339 g/mol. The van der Waals surface area contributed by atoms with Crippen molar-refractivity contribution < 1.29 is 17.6 Å². The number of H-pyrrole nitrogens is 1. The normalized spacial score (nSPS) is 11.9. The first-order valence-electron chi connectivity index (χ1n) is 7.05. The Bertz CT molecular complexity index is 881. The highest BCUT2D eigenvalue weighted by Gasteiger charge is 2.36. The van der Waals surface area contributed by atoms with Gasteiger partial charge in [0.2, 0.25) is 5.82 Å². The minimum atomic E-state index is -4.77. The van der Waals surface area contributed by atoms with Gasteiger partial charge in [-0.2, -0.15) is 18.3 Å². The molecule has 0 spiro atoms. The number of halogens is 4. The Labute approximate surface area is 134 Å². The Hall–Kier alpha value is -2.71. The number of rotatable bonds is 3. The van der Waals surface area contributed by atoms with Gasteiger partial charge < -0.3 is 5.32 Å². The highest BCUT2D eigenvalue weighted by molar-refractivity contribution is 5.89. The van der Waals surface area contributed by atoms with Crippen LogP contribution in [0.15, 0.2) is 18.2 Å². The number of aromatic nitrogens is 4. The van der Waals surface area contributed by atoms with E-state index >= 15 is 0 Å². The van der Waals surface area contributed by atoms with Gasteiger partial charge in [0.05, 0.1) is 5.69 Å². The fraction of sp³-hybridized carbons (Fsp3) is 0.267. The Morgan fingerprint density at radius 2 is 1.92 bits per heavy atom. The molecule has 24 heavy (non-hydrogen) atoms. The van der Waals surface area contributed by atoms with Crippen LogP contribution in [0.2, 0.25) is 0 Å². The molecule has 9 heteroatoms. The van der Waals surface area contributed by atoms with Crippen molar-refractivity contribution in [1.29, 1.82) is 0 Å². The second kappa shape index (κ2) is 5.73. The van der Waals surface area contributed by atoms with Crippen molar-refractivity contribution in [3.63, 3.8) is 0 Å². The van der Waals surface area contributed by atoms with Crippen LogP contribution in [0.1, 0.15) is 22.8 Å². The van der Waals surface area contributed by atoms with E-state index in [2.05, 4.69) is 25.5 Å². The van der Waals surface area contributed by atoms with E-state index in [1.807, 2.05) is 0 Å². The van der Waals surface area contributed by atoms with E-state index < -0.39 is 17.8 Å². The number of nitrogens with zero attached hydrogens (tertiary/aromatic N) is 3. The van der Waals surface area contributed by atoms with E-state index in [9.17, 15) is 17.6 Å². The Balaban J connectivity index is 2.07. The fourth-order valence-electron chi connectivity index (χ4n) is 2.39. The molecule has 3 aromatic rings. The van der Waals surface area contributed by atoms with Crippen LogP contribution in [0.25, 0.3) is 10.9 Å². The molecule has 2 N–H and O–H groups in total. The van der Waals surface area contributed by atoms with Crippen molar-refractivity contribution in [2.45, 2.75) is 26.6 Å². The number of nitrogens with one attached hydrogen (secondary N) is 2. The minimum absolute atomic E-state index is 0.0770. The Kier molecular flexibility index (Phi) is 3.86. The zero-order valence-corrected chi connectivity index (χ0v) is 12.8. The maximum absolute atomic E-state index is 13.9. The predicted octanol–water partition coefficient (Wildman–Crippen LogP) is 3.74. The summed E-state index contributed by atoms with van der Waals surface area (Å²) in [4.78, 5) is 6.84. The van der Waals surface area contributed by atoms with E-state index in [1.165, 1.54) is 12.1 Å². The summed E-state index contributed by atoms with van der Waals surface area (Å²) in [5.41, 5.74) is 1.95. The molecule has 126 valence electrons. The molecule has 5 nitrogen and oxygen atoms in total. The summed E-state index contributed by atoms with van der Waals surface area (Å²) in [6, 6.07) is 3.92. The van der Waals surface area contributed by atoms with Gasteiger partial charge in [0, 0.05) is 23.2 Å². The lowest BCUT2D eigenvalue weighted by Gasteiger charge is -2.12. The number of hydrogen-bond acceptors (Lipinski definition) is 4. The van der Waals surface area contributed by atoms with E-state index in [0.29, 0.717) is 0 Å². The first kappa shape index (κ1) is 16.2. The summed E-state index contributed by atoms with van der Waals surface area (Å²) in [6.45, 7) is 3.78. The molecule has 0 unspecified atom stereocenters. The predicted molar refractivity (Wildman–Crippen MR) is 79.9 cm³/mol. The molecule has 0 aliphatic heterocycles. The number of fused-ring (bicyclic) bond motifs is 1. The number of hydrogen-bond donors (Lipinski definition) is 2. The van der Waals surface area contributed by atoms with Crippen LogP contribution in [0.3, 0.4) is 0 Å². The average Bonchev–Trinajstić information content (AvgIpc) is 2.83. The summed E-state index contributed by atoms with van der Waals surface area (Å²) in [5.74, 6) is -2.30. The van der Waals surface area contributed by atoms with Crippen LogP contribution in [0.4, 0.5) is 23.4 Å². The van der Waals surface area contributed by atoms with Crippen molar-refractivity contribution in [3.05, 3.63) is 46.8 Å². The molecule has 0 aliphatic rings. The van der Waals surface area contributed by atoms with Gasteiger partial charge in [-0.3, -0.25) is 5.10 Å². The maximum atomic E-state index is 13.9. The Morgan fingerprint density at radius 3 is 2.54 bits per heavy atom. The molecular formula is C15H13F4N5. The third-order valence-corrected chi connectivity index (χ3v) is 3.64. The third kappa shape index (κ3) is 2.89. The summed E-state index contributed by atoms with van der Waals surface area (Å²) in [6.07, 6.45) is -4.77. The van der Waals surface area contributed by atoms with Gasteiger partial charge in [-0.25, -0.2) is 14.4 Å². The molecule has 0 saturated carbocycles. The standard InChI is InChI=1S/C15H13F4N5/c1-7-10(8(2)24-23-7)6-20-13-9-4-3-5-11(16)12(9)21-14(22-13)15(17,18)19/h3-5H,6H2,1-2H3,(H,23,24)(H,20,21,22). The minimum Gasteiger partial charge on any atom is -0.365 e. The van der Waals surface area contributed by atoms with Crippen molar-refractivity contribution in [2.24, 2.45) is 0 Å². The topological polar surface area (TPSA) is 66.5 Å². The molecule has 0 aliphatic carbocycles. The van der Waals surface area contributed by atoms with Crippen LogP contribution in [-0.4, -0.2) is 20.2 Å². The van der Waals surface area contributed by atoms with Crippen molar-refractivity contribution in [3.8, 4) is 0 Å². The van der Waals surface area contributed by atoms with Crippen LogP contribution in [0.5, 0.6) is 0 Å². The number of alkyl halides is 3. The largest absolute Gasteiger partial charge is 0.451 e. The molecule has 0 fully saturated rings. The number of aromatic amines is 1. The first-order chi connectivity index (χ1) is 11.3. The molecule has 2 aromatic heterocycles. The van der Waals surface area contributed by atoms with Crippen molar-refractivity contribution in [2.75, 3.05) is 5.32 Å². The number of anilines is 1. The smallest absolute Gasteiger partial charge is 0.365 e. The second-order valence-electron chi connectivity index (χ2n) is 5.30. The third-order valence-electron chi connectivity index (χ3n) is 3.64. The highest BCUT2D eigenvalue weighted by Crippen LogP contribution is 2.31. The van der Waals surface area contributed by atoms with Crippen molar-refractivity contribution in [1.82, 2.24) is 20.2 Å². The molecule has 0 atom stereocenters. The van der Waals surface area contributed by atoms with Gasteiger partial charge in [-0.05, 0) is 26.0 Å². The van der Waals surface area contributed by atoms with Gasteiger partial charge in [0.15, 0.2) is 0 Å².